The van der Waals surface area contributed by atoms with Crippen molar-refractivity contribution in [3.05, 3.63) is 0 Å². The van der Waals surface area contributed by atoms with Gasteiger partial charge in [0, 0.05) is 0 Å². The fourth-order valence-corrected chi connectivity index (χ4v) is 0. The van der Waals surface area contributed by atoms with E-state index in [0.717, 1.165) is 0 Å². The van der Waals surface area contributed by atoms with Crippen LogP contribution in [-0.4, -0.2) is 32.9 Å². The van der Waals surface area contributed by atoms with Crippen LogP contribution in [0.3, 0.4) is 0 Å². The van der Waals surface area contributed by atoms with Gasteiger partial charge in [-0.25, -0.2) is 0 Å². The summed E-state index contributed by atoms with van der Waals surface area (Å²) in [6, 6.07) is 0. The molecule has 0 aliphatic carbocycles. The molecular weight excluding hydrogens is 376 g/mol. The number of rotatable bonds is 0. The summed E-state index contributed by atoms with van der Waals surface area (Å²) < 4.78 is 0. The normalized spacial score (nSPS) is 0. The predicted octanol–water partition coefficient (Wildman–Crippen LogP) is -1.06. The average molecular weight is 382 g/mol. The smallest absolute Gasteiger partial charge is 0.870 e. The fraction of sp³-hybridized carbons (Fsp3) is 0. The van der Waals surface area contributed by atoms with Crippen molar-refractivity contribution in [2.75, 3.05) is 0 Å². The summed E-state index contributed by atoms with van der Waals surface area (Å²) >= 11 is 0. The standard InChI is InChI=1S/2Ce.6H2O/h;;6*1H2/q2*+3;;;;;;/p-6. The minimum Gasteiger partial charge on any atom is -0.870 e. The molecule has 2 radical (unpaired) electrons. The van der Waals surface area contributed by atoms with Gasteiger partial charge in [-0.1, -0.05) is 0 Å². The van der Waals surface area contributed by atoms with E-state index in [1.54, 1.807) is 0 Å². The van der Waals surface area contributed by atoms with Gasteiger partial charge in [0.05, 0.1) is 0 Å². The van der Waals surface area contributed by atoms with Crippen LogP contribution >= 0.6 is 0 Å². The van der Waals surface area contributed by atoms with Crippen LogP contribution < -0.4 is 0 Å². The van der Waals surface area contributed by atoms with E-state index in [1.165, 1.54) is 0 Å². The van der Waals surface area contributed by atoms with E-state index >= 15 is 0 Å². The molecule has 0 aromatic carbocycles. The molecule has 8 heteroatoms. The first-order valence-electron chi connectivity index (χ1n) is 0. The van der Waals surface area contributed by atoms with E-state index in [0.29, 0.717) is 0 Å². The van der Waals surface area contributed by atoms with Gasteiger partial charge in [0.2, 0.25) is 0 Å². The molecule has 50 valence electrons. The first-order valence-corrected chi connectivity index (χ1v) is 0. The van der Waals surface area contributed by atoms with E-state index in [-0.39, 0.29) is 116 Å². The Labute approximate surface area is 114 Å². The Morgan fingerprint density at radius 3 is 0.250 bits per heavy atom. The molecule has 6 N–H and O–H groups in total. The van der Waals surface area contributed by atoms with E-state index < -0.39 is 0 Å². The van der Waals surface area contributed by atoms with Crippen LogP contribution in [0.5, 0.6) is 0 Å². The molecular formula is H6Ce2O6. The second kappa shape index (κ2) is 109. The predicted molar refractivity (Wildman–Crippen MR) is 11.6 cm³/mol. The Morgan fingerprint density at radius 2 is 0.250 bits per heavy atom. The van der Waals surface area contributed by atoms with Crippen molar-refractivity contribution in [2.45, 2.75) is 0 Å². The molecule has 0 amide bonds. The number of hydrogen-bond acceptors (Lipinski definition) is 6. The van der Waals surface area contributed by atoms with E-state index in [1.807, 2.05) is 0 Å². The van der Waals surface area contributed by atoms with Crippen molar-refractivity contribution in [1.82, 2.24) is 0 Å². The minimum atomic E-state index is 0. The van der Waals surface area contributed by atoms with Crippen LogP contribution in [0.4, 0.5) is 0 Å². The summed E-state index contributed by atoms with van der Waals surface area (Å²) in [4.78, 5) is 0. The minimum absolute atomic E-state index is 0. The molecule has 6 nitrogen and oxygen atoms in total. The van der Waals surface area contributed by atoms with E-state index in [4.69, 9.17) is 0 Å². The largest absolute Gasteiger partial charge is 3.00 e. The molecule has 0 aromatic rings. The van der Waals surface area contributed by atoms with Gasteiger partial charge in [0.1, 0.15) is 0 Å². The van der Waals surface area contributed by atoms with Crippen molar-refractivity contribution in [3.63, 3.8) is 0 Å². The Morgan fingerprint density at radius 1 is 0.250 bits per heavy atom. The van der Waals surface area contributed by atoms with Gasteiger partial charge >= 0.3 is 83.5 Å². The molecule has 0 aliphatic heterocycles. The van der Waals surface area contributed by atoms with E-state index in [2.05, 4.69) is 0 Å². The maximum atomic E-state index is 0. The van der Waals surface area contributed by atoms with Crippen molar-refractivity contribution < 1.29 is 116 Å². The molecule has 8 heavy (non-hydrogen) atoms. The second-order valence-corrected chi connectivity index (χ2v) is 0. The Hall–Kier alpha value is 2.51. The number of hydrogen-bond donors (Lipinski definition) is 0. The van der Waals surface area contributed by atoms with Crippen molar-refractivity contribution >= 4 is 0 Å². The first-order chi connectivity index (χ1) is 0. The summed E-state index contributed by atoms with van der Waals surface area (Å²) in [5.41, 5.74) is 0. The second-order valence-electron chi connectivity index (χ2n) is 0. The van der Waals surface area contributed by atoms with Gasteiger partial charge in [0.15, 0.2) is 0 Å². The van der Waals surface area contributed by atoms with Crippen molar-refractivity contribution in [3.8, 4) is 0 Å². The summed E-state index contributed by atoms with van der Waals surface area (Å²) in [5.74, 6) is 0. The molecule has 0 aliphatic rings. The third-order valence-electron chi connectivity index (χ3n) is 0. The van der Waals surface area contributed by atoms with E-state index in [9.17, 15) is 0 Å². The van der Waals surface area contributed by atoms with Crippen LogP contribution in [-0.2, 0) is 0 Å². The monoisotopic (exact) mass is 382 g/mol. The zero-order valence-electron chi connectivity index (χ0n) is 3.68. The molecule has 0 saturated carbocycles. The molecule has 0 rings (SSSR count). The van der Waals surface area contributed by atoms with Crippen LogP contribution in [0.25, 0.3) is 0 Å². The topological polar surface area (TPSA) is 180 Å². The van der Waals surface area contributed by atoms with Gasteiger partial charge in [-0.2, -0.15) is 0 Å². The molecule has 0 heterocycles. The van der Waals surface area contributed by atoms with Crippen molar-refractivity contribution in [1.29, 1.82) is 0 Å². The molecule has 0 atom stereocenters. The Balaban J connectivity index is 0. The third kappa shape index (κ3) is 76.1. The van der Waals surface area contributed by atoms with Gasteiger partial charge in [-0.05, 0) is 0 Å². The van der Waals surface area contributed by atoms with Crippen molar-refractivity contribution in [2.24, 2.45) is 0 Å². The average Bonchev–Trinajstić information content (AvgIpc) is 0. The maximum absolute atomic E-state index is 0. The molecule has 0 saturated heterocycles. The van der Waals surface area contributed by atoms with Gasteiger partial charge < -0.3 is 32.9 Å². The quantitative estimate of drug-likeness (QED) is 0.514. The summed E-state index contributed by atoms with van der Waals surface area (Å²) in [6.07, 6.45) is 0. The van der Waals surface area contributed by atoms with Crippen LogP contribution in [0.2, 0.25) is 0 Å². The zero-order chi connectivity index (χ0) is 0. The summed E-state index contributed by atoms with van der Waals surface area (Å²) in [7, 11) is 0. The van der Waals surface area contributed by atoms with Gasteiger partial charge in [-0.15, -0.1) is 0 Å². The van der Waals surface area contributed by atoms with Crippen LogP contribution in [0, 0.1) is 83.5 Å². The molecule has 0 fully saturated rings. The fourth-order valence-electron chi connectivity index (χ4n) is 0. The summed E-state index contributed by atoms with van der Waals surface area (Å²) in [5, 5.41) is 0. The molecule has 0 bridgehead atoms. The Bertz CT molecular complexity index is 6.49. The molecule has 0 aromatic heterocycles. The van der Waals surface area contributed by atoms with Gasteiger partial charge in [0.25, 0.3) is 0 Å². The third-order valence-corrected chi connectivity index (χ3v) is 0. The SMILES string of the molecule is [Ce+3].[Ce+3].[OH-].[OH-].[OH-].[OH-].[OH-].[OH-]. The van der Waals surface area contributed by atoms with Crippen LogP contribution in [0.15, 0.2) is 0 Å². The summed E-state index contributed by atoms with van der Waals surface area (Å²) in [6.45, 7) is 0. The maximum Gasteiger partial charge on any atom is 3.00 e. The first kappa shape index (κ1) is 151. The molecule has 0 spiro atoms. The van der Waals surface area contributed by atoms with Gasteiger partial charge in [-0.3, -0.25) is 0 Å². The van der Waals surface area contributed by atoms with Crippen LogP contribution in [0.1, 0.15) is 0 Å². The molecule has 0 unspecified atom stereocenters. The zero-order valence-corrected chi connectivity index (χ0v) is 9.96. The Kier molecular flexibility index (Phi) is 2060.